The fourth-order valence-corrected chi connectivity index (χ4v) is 1.88. The van der Waals surface area contributed by atoms with Crippen LogP contribution in [0, 0.1) is 6.92 Å². The maximum absolute atomic E-state index is 11.8. The number of amides is 1. The lowest BCUT2D eigenvalue weighted by molar-refractivity contribution is 0.0941. The maximum atomic E-state index is 11.8. The Bertz CT molecular complexity index is 746. The van der Waals surface area contributed by atoms with Gasteiger partial charge in [-0.2, -0.15) is 5.10 Å². The molecule has 0 saturated heterocycles. The van der Waals surface area contributed by atoms with Gasteiger partial charge < -0.3 is 5.32 Å². The molecule has 2 N–H and O–H groups in total. The SMILES string of the molecule is Cc1nc(C(=O)NCc2cnn(-c3ccccc3)c2)n[nH]1. The topological polar surface area (TPSA) is 88.5 Å². The van der Waals surface area contributed by atoms with Gasteiger partial charge >= 0.3 is 0 Å². The first-order chi connectivity index (χ1) is 10.2. The Morgan fingerprint density at radius 2 is 2.14 bits per heavy atom. The Morgan fingerprint density at radius 3 is 2.86 bits per heavy atom. The van der Waals surface area contributed by atoms with E-state index < -0.39 is 0 Å². The van der Waals surface area contributed by atoms with Crippen LogP contribution in [-0.4, -0.2) is 30.9 Å². The first kappa shape index (κ1) is 13.0. The summed E-state index contributed by atoms with van der Waals surface area (Å²) in [6.07, 6.45) is 3.59. The summed E-state index contributed by atoms with van der Waals surface area (Å²) in [5, 5.41) is 13.5. The molecule has 2 heterocycles. The van der Waals surface area contributed by atoms with Gasteiger partial charge in [-0.05, 0) is 19.1 Å². The zero-order chi connectivity index (χ0) is 14.7. The first-order valence-electron chi connectivity index (χ1n) is 6.48. The van der Waals surface area contributed by atoms with Crippen molar-refractivity contribution >= 4 is 5.91 Å². The number of para-hydroxylation sites is 1. The molecule has 7 nitrogen and oxygen atoms in total. The molecule has 0 spiro atoms. The molecule has 3 rings (SSSR count). The summed E-state index contributed by atoms with van der Waals surface area (Å²) >= 11 is 0. The predicted molar refractivity (Wildman–Crippen MR) is 75.9 cm³/mol. The molecule has 0 aliphatic carbocycles. The second kappa shape index (κ2) is 5.58. The van der Waals surface area contributed by atoms with Gasteiger partial charge in [-0.25, -0.2) is 9.67 Å². The summed E-state index contributed by atoms with van der Waals surface area (Å²) in [7, 11) is 0. The largest absolute Gasteiger partial charge is 0.345 e. The van der Waals surface area contributed by atoms with Gasteiger partial charge in [0, 0.05) is 18.3 Å². The van der Waals surface area contributed by atoms with E-state index in [4.69, 9.17) is 0 Å². The zero-order valence-electron chi connectivity index (χ0n) is 11.4. The average molecular weight is 282 g/mol. The van der Waals surface area contributed by atoms with E-state index in [0.717, 1.165) is 11.3 Å². The summed E-state index contributed by atoms with van der Waals surface area (Å²) in [5.41, 5.74) is 1.87. The molecule has 2 aromatic heterocycles. The predicted octanol–water partition coefficient (Wildman–Crippen LogP) is 1.23. The Hall–Kier alpha value is -2.96. The Morgan fingerprint density at radius 1 is 1.33 bits per heavy atom. The Balaban J connectivity index is 1.64. The third-order valence-electron chi connectivity index (χ3n) is 2.91. The van der Waals surface area contributed by atoms with E-state index in [2.05, 4.69) is 25.6 Å². The monoisotopic (exact) mass is 282 g/mol. The molecule has 21 heavy (non-hydrogen) atoms. The van der Waals surface area contributed by atoms with Crippen LogP contribution in [0.5, 0.6) is 0 Å². The highest BCUT2D eigenvalue weighted by atomic mass is 16.2. The minimum absolute atomic E-state index is 0.142. The minimum atomic E-state index is -0.313. The van der Waals surface area contributed by atoms with Crippen molar-refractivity contribution < 1.29 is 4.79 Å². The summed E-state index contributed by atoms with van der Waals surface area (Å²) in [6.45, 7) is 2.12. The van der Waals surface area contributed by atoms with Crippen molar-refractivity contribution in [3.8, 4) is 5.69 Å². The normalized spacial score (nSPS) is 10.5. The third-order valence-corrected chi connectivity index (χ3v) is 2.91. The molecule has 0 fully saturated rings. The van der Waals surface area contributed by atoms with Crippen LogP contribution in [0.15, 0.2) is 42.7 Å². The standard InChI is InChI=1S/C14H14N6O/c1-10-17-13(19-18-10)14(21)15-7-11-8-16-20(9-11)12-5-3-2-4-6-12/h2-6,8-9H,7H2,1H3,(H,15,21)(H,17,18,19). The minimum Gasteiger partial charge on any atom is -0.345 e. The molecule has 0 atom stereocenters. The van der Waals surface area contributed by atoms with E-state index in [-0.39, 0.29) is 11.7 Å². The number of hydrogen-bond donors (Lipinski definition) is 2. The summed E-state index contributed by atoms with van der Waals surface area (Å²) in [4.78, 5) is 15.8. The van der Waals surface area contributed by atoms with Crippen LogP contribution in [0.4, 0.5) is 0 Å². The van der Waals surface area contributed by atoms with Crippen molar-refractivity contribution in [1.82, 2.24) is 30.3 Å². The van der Waals surface area contributed by atoms with Crippen molar-refractivity contribution in [3.63, 3.8) is 0 Å². The highest BCUT2D eigenvalue weighted by Crippen LogP contribution is 2.07. The first-order valence-corrected chi connectivity index (χ1v) is 6.48. The van der Waals surface area contributed by atoms with E-state index in [1.807, 2.05) is 36.5 Å². The number of H-pyrrole nitrogens is 1. The number of aromatic amines is 1. The number of aromatic nitrogens is 5. The molecule has 0 saturated carbocycles. The highest BCUT2D eigenvalue weighted by molar-refractivity contribution is 5.90. The van der Waals surface area contributed by atoms with E-state index >= 15 is 0 Å². The lowest BCUT2D eigenvalue weighted by Gasteiger charge is -2.00. The van der Waals surface area contributed by atoms with Gasteiger partial charge in [0.05, 0.1) is 11.9 Å². The molecular formula is C14H14N6O. The van der Waals surface area contributed by atoms with Crippen molar-refractivity contribution in [1.29, 1.82) is 0 Å². The molecule has 0 aliphatic heterocycles. The summed E-state index contributed by atoms with van der Waals surface area (Å²) < 4.78 is 1.76. The van der Waals surface area contributed by atoms with Gasteiger partial charge in [0.2, 0.25) is 5.82 Å². The van der Waals surface area contributed by atoms with Gasteiger partial charge in [-0.1, -0.05) is 18.2 Å². The van der Waals surface area contributed by atoms with Crippen LogP contribution in [0.3, 0.4) is 0 Å². The number of benzene rings is 1. The quantitative estimate of drug-likeness (QED) is 0.753. The number of nitrogens with one attached hydrogen (secondary N) is 2. The number of hydrogen-bond acceptors (Lipinski definition) is 4. The number of nitrogens with zero attached hydrogens (tertiary/aromatic N) is 4. The number of carbonyl (C=O) groups excluding carboxylic acids is 1. The molecule has 1 aromatic carbocycles. The highest BCUT2D eigenvalue weighted by Gasteiger charge is 2.11. The van der Waals surface area contributed by atoms with Crippen LogP contribution in [-0.2, 0) is 6.54 Å². The molecule has 106 valence electrons. The zero-order valence-corrected chi connectivity index (χ0v) is 11.4. The molecule has 0 bridgehead atoms. The second-order valence-electron chi connectivity index (χ2n) is 4.56. The molecule has 0 radical (unpaired) electrons. The fourth-order valence-electron chi connectivity index (χ4n) is 1.88. The fraction of sp³-hybridized carbons (Fsp3) is 0.143. The number of carbonyl (C=O) groups is 1. The van der Waals surface area contributed by atoms with Crippen molar-refractivity contribution in [2.75, 3.05) is 0 Å². The number of rotatable bonds is 4. The maximum Gasteiger partial charge on any atom is 0.291 e. The average Bonchev–Trinajstić information content (AvgIpc) is 3.15. The molecule has 7 heteroatoms. The second-order valence-corrected chi connectivity index (χ2v) is 4.56. The molecular weight excluding hydrogens is 268 g/mol. The van der Waals surface area contributed by atoms with Crippen LogP contribution in [0.2, 0.25) is 0 Å². The van der Waals surface area contributed by atoms with E-state index in [1.54, 1.807) is 17.8 Å². The molecule has 1 amide bonds. The van der Waals surface area contributed by atoms with Crippen molar-refractivity contribution in [3.05, 3.63) is 59.9 Å². The molecule has 0 aliphatic rings. The van der Waals surface area contributed by atoms with Gasteiger partial charge in [0.25, 0.3) is 5.91 Å². The van der Waals surface area contributed by atoms with Crippen molar-refractivity contribution in [2.24, 2.45) is 0 Å². The van der Waals surface area contributed by atoms with Crippen LogP contribution in [0.1, 0.15) is 22.0 Å². The molecule has 0 unspecified atom stereocenters. The van der Waals surface area contributed by atoms with Crippen LogP contribution >= 0.6 is 0 Å². The lowest BCUT2D eigenvalue weighted by atomic mass is 10.3. The van der Waals surface area contributed by atoms with Gasteiger partial charge in [-0.15, -0.1) is 5.10 Å². The number of aryl methyl sites for hydroxylation is 1. The summed E-state index contributed by atoms with van der Waals surface area (Å²) in [5.74, 6) is 0.437. The molecule has 3 aromatic rings. The summed E-state index contributed by atoms with van der Waals surface area (Å²) in [6, 6.07) is 9.78. The lowest BCUT2D eigenvalue weighted by Crippen LogP contribution is -2.23. The third kappa shape index (κ3) is 2.97. The van der Waals surface area contributed by atoms with Gasteiger partial charge in [0.15, 0.2) is 0 Å². The Labute approximate surface area is 121 Å². The van der Waals surface area contributed by atoms with E-state index in [0.29, 0.717) is 12.4 Å². The van der Waals surface area contributed by atoms with Crippen molar-refractivity contribution in [2.45, 2.75) is 13.5 Å². The Kier molecular flexibility index (Phi) is 3.46. The van der Waals surface area contributed by atoms with Gasteiger partial charge in [-0.3, -0.25) is 9.89 Å². The van der Waals surface area contributed by atoms with E-state index in [9.17, 15) is 4.79 Å². The van der Waals surface area contributed by atoms with Gasteiger partial charge in [0.1, 0.15) is 5.82 Å². The van der Waals surface area contributed by atoms with E-state index in [1.165, 1.54) is 0 Å². The smallest absolute Gasteiger partial charge is 0.291 e. The van der Waals surface area contributed by atoms with Crippen LogP contribution < -0.4 is 5.32 Å². The van der Waals surface area contributed by atoms with Crippen LogP contribution in [0.25, 0.3) is 5.69 Å².